The van der Waals surface area contributed by atoms with Gasteiger partial charge in [-0.3, -0.25) is 4.79 Å². The van der Waals surface area contributed by atoms with Gasteiger partial charge in [0.15, 0.2) is 0 Å². The number of fused-ring (bicyclic) bond motifs is 5. The molecule has 0 bridgehead atoms. The highest BCUT2D eigenvalue weighted by Gasteiger charge is 2.59. The maximum Gasteiger partial charge on any atom is 0.306 e. The Balaban J connectivity index is 1.30. The van der Waals surface area contributed by atoms with Crippen LogP contribution in [0, 0.1) is 46.3 Å². The molecule has 0 N–H and O–H groups in total. The quantitative estimate of drug-likeness (QED) is 0.0657. The van der Waals surface area contributed by atoms with Crippen molar-refractivity contribution in [3.05, 3.63) is 11.6 Å². The monoisotopic (exact) mass is 659 g/mol. The summed E-state index contributed by atoms with van der Waals surface area (Å²) >= 11 is 0. The fourth-order valence-corrected chi connectivity index (χ4v) is 10.7. The van der Waals surface area contributed by atoms with Crippen molar-refractivity contribution in [3.63, 3.8) is 0 Å². The molecule has 272 valence electrons. The van der Waals surface area contributed by atoms with Crippen molar-refractivity contribution >= 4 is 5.97 Å². The van der Waals surface area contributed by atoms with Gasteiger partial charge in [0, 0.05) is 18.3 Å². The van der Waals surface area contributed by atoms with Crippen molar-refractivity contribution in [2.75, 3.05) is 0 Å². The van der Waals surface area contributed by atoms with E-state index in [1.807, 2.05) is 6.92 Å². The number of allylic oxidation sites excluding steroid dienone is 1. The van der Waals surface area contributed by atoms with Crippen LogP contribution >= 0.6 is 0 Å². The Morgan fingerprint density at radius 3 is 2.09 bits per heavy atom. The lowest BCUT2D eigenvalue weighted by atomic mass is 9.47. The second kappa shape index (κ2) is 19.6. The molecule has 2 heteroatoms. The van der Waals surface area contributed by atoms with Gasteiger partial charge in [-0.25, -0.2) is 0 Å². The summed E-state index contributed by atoms with van der Waals surface area (Å²) in [7, 11) is 0. The first-order valence-corrected chi connectivity index (χ1v) is 20.9. The van der Waals surface area contributed by atoms with E-state index in [0.29, 0.717) is 30.6 Å². The van der Waals surface area contributed by atoms with E-state index in [2.05, 4.69) is 34.6 Å². The zero-order chi connectivity index (χ0) is 39.1. The molecule has 0 spiro atoms. The van der Waals surface area contributed by atoms with Crippen LogP contribution in [0.15, 0.2) is 11.6 Å². The molecule has 4 aliphatic rings. The highest BCUT2D eigenvalue weighted by molar-refractivity contribution is 5.69. The van der Waals surface area contributed by atoms with E-state index < -0.39 is 30.2 Å². The van der Waals surface area contributed by atoms with Crippen molar-refractivity contribution in [2.45, 2.75) is 221 Å². The van der Waals surface area contributed by atoms with Gasteiger partial charge in [0.05, 0.1) is 2.74 Å². The van der Waals surface area contributed by atoms with E-state index in [-0.39, 0.29) is 41.7 Å². The Kier molecular flexibility index (Phi) is 12.9. The van der Waals surface area contributed by atoms with Crippen molar-refractivity contribution in [1.82, 2.24) is 0 Å². The van der Waals surface area contributed by atoms with Crippen LogP contribution in [-0.4, -0.2) is 12.0 Å². The van der Waals surface area contributed by atoms with Crippen molar-refractivity contribution in [2.24, 2.45) is 46.3 Å². The third-order valence-corrected chi connectivity index (χ3v) is 13.6. The van der Waals surface area contributed by atoms with Crippen molar-refractivity contribution in [1.29, 1.82) is 0 Å². The summed E-state index contributed by atoms with van der Waals surface area (Å²) in [5.41, 5.74) is -0.460. The third kappa shape index (κ3) is 10.8. The number of hydrogen-bond donors (Lipinski definition) is 0. The molecule has 0 aromatic rings. The van der Waals surface area contributed by atoms with Gasteiger partial charge in [-0.15, -0.1) is 0 Å². The first kappa shape index (κ1) is 31.0. The van der Waals surface area contributed by atoms with Gasteiger partial charge >= 0.3 is 5.97 Å². The summed E-state index contributed by atoms with van der Waals surface area (Å²) in [6.07, 6.45) is 19.1. The molecule has 0 aromatic carbocycles. The number of unbranched alkanes of at least 4 members (excludes halogenated alkanes) is 14. The number of hydrogen-bond acceptors (Lipinski definition) is 2. The smallest absolute Gasteiger partial charge is 0.306 e. The second-order valence-electron chi connectivity index (χ2n) is 17.6. The van der Waals surface area contributed by atoms with Crippen LogP contribution in [0.1, 0.15) is 223 Å². The van der Waals surface area contributed by atoms with Gasteiger partial charge in [0.2, 0.25) is 0 Å². The van der Waals surface area contributed by atoms with Crippen LogP contribution < -0.4 is 0 Å². The Morgan fingerprint density at radius 2 is 1.47 bits per heavy atom. The van der Waals surface area contributed by atoms with Gasteiger partial charge in [0.25, 0.3) is 0 Å². The molecule has 0 aliphatic heterocycles. The van der Waals surface area contributed by atoms with Gasteiger partial charge in [-0.2, -0.15) is 0 Å². The van der Waals surface area contributed by atoms with Gasteiger partial charge in [-0.05, 0) is 97.7 Å². The minimum absolute atomic E-state index is 0.0605. The topological polar surface area (TPSA) is 26.3 Å². The molecule has 0 heterocycles. The Labute approximate surface area is 302 Å². The predicted molar refractivity (Wildman–Crippen MR) is 202 cm³/mol. The van der Waals surface area contributed by atoms with E-state index in [0.717, 1.165) is 44.4 Å². The molecule has 3 saturated carbocycles. The van der Waals surface area contributed by atoms with Crippen molar-refractivity contribution < 1.29 is 17.8 Å². The highest BCUT2D eigenvalue weighted by atomic mass is 16.5. The van der Waals surface area contributed by atoms with E-state index in [1.54, 1.807) is 0 Å². The molecule has 2 nitrogen and oxygen atoms in total. The summed E-state index contributed by atoms with van der Waals surface area (Å²) in [4.78, 5) is 13.2. The number of esters is 1. The first-order chi connectivity index (χ1) is 25.0. The summed E-state index contributed by atoms with van der Waals surface area (Å²) in [6, 6.07) is 0.224. The highest BCUT2D eigenvalue weighted by Crippen LogP contribution is 2.67. The molecule has 47 heavy (non-hydrogen) atoms. The average Bonchev–Trinajstić information content (AvgIpc) is 3.42. The SMILES string of the molecule is [2H]C1=C2C([2H])([2H])[C@@]([2H])(OC(=O)CCCCCCCCCCCCCCCCC)C([2H])([2H])C[C@]2(C)[C@H]2CC[C@]3(C)[C@@H]([C@H](C)CCCC(C)C)CC[C@H]3[C@@H]2C1. The molecule has 0 amide bonds. The maximum atomic E-state index is 13.2. The van der Waals surface area contributed by atoms with Gasteiger partial charge in [-0.1, -0.05) is 162 Å². The van der Waals surface area contributed by atoms with Gasteiger partial charge in [0.1, 0.15) is 6.08 Å². The van der Waals surface area contributed by atoms with E-state index in [4.69, 9.17) is 4.74 Å². The third-order valence-electron chi connectivity index (χ3n) is 13.6. The summed E-state index contributed by atoms with van der Waals surface area (Å²) in [5, 5.41) is 0. The number of rotatable bonds is 22. The molecule has 8 atom stereocenters. The number of carbonyl (C=O) groups excluding carboxylic acids is 1. The molecule has 0 radical (unpaired) electrons. The molecular formula is C45H80O2. The number of ether oxygens (including phenoxy) is 1. The minimum Gasteiger partial charge on any atom is -0.462 e. The van der Waals surface area contributed by atoms with E-state index in [9.17, 15) is 13.0 Å². The lowest BCUT2D eigenvalue weighted by Gasteiger charge is -2.58. The standard InChI is InChI=1S/C45H80O2/c1-7-8-9-10-11-12-13-14-15-16-17-18-19-20-21-25-43(46)47-38-30-32-44(5)37(34-38)26-27-39-41-29-28-40(36(4)24-22-23-35(2)3)45(41,6)33-31-42(39)44/h26,35-36,38-42H,7-25,27-34H2,1-6H3/t36-,38+,39+,40-,41+,42+,44+,45-/m1/s1/i26D,30D2,34D2,38D. The minimum atomic E-state index is -2.73. The lowest BCUT2D eigenvalue weighted by Crippen LogP contribution is -2.51. The Hall–Kier alpha value is -0.790. The van der Waals surface area contributed by atoms with Crippen LogP contribution in [-0.2, 0) is 9.53 Å². The van der Waals surface area contributed by atoms with Gasteiger partial charge < -0.3 is 4.74 Å². The van der Waals surface area contributed by atoms with Crippen molar-refractivity contribution in [3.8, 4) is 0 Å². The van der Waals surface area contributed by atoms with Crippen LogP contribution in [0.3, 0.4) is 0 Å². The predicted octanol–water partition coefficient (Wildman–Crippen LogP) is 14.2. The first-order valence-electron chi connectivity index (χ1n) is 23.9. The maximum absolute atomic E-state index is 13.2. The molecule has 0 saturated heterocycles. The lowest BCUT2D eigenvalue weighted by molar-refractivity contribution is -0.151. The Bertz CT molecular complexity index is 1200. The molecule has 4 aliphatic carbocycles. The zero-order valence-corrected chi connectivity index (χ0v) is 32.0. The second-order valence-corrected chi connectivity index (χ2v) is 17.6. The van der Waals surface area contributed by atoms with Crippen LogP contribution in [0.25, 0.3) is 0 Å². The normalized spacial score (nSPS) is 38.2. The van der Waals surface area contributed by atoms with Crippen LogP contribution in [0.4, 0.5) is 0 Å². The molecule has 3 fully saturated rings. The summed E-state index contributed by atoms with van der Waals surface area (Å²) in [6.45, 7) is 13.8. The largest absolute Gasteiger partial charge is 0.462 e. The Morgan fingerprint density at radius 1 is 0.851 bits per heavy atom. The molecule has 0 unspecified atom stereocenters. The van der Waals surface area contributed by atoms with E-state index in [1.165, 1.54) is 96.3 Å². The zero-order valence-electron chi connectivity index (χ0n) is 38.0. The molecule has 4 rings (SSSR count). The summed E-state index contributed by atoms with van der Waals surface area (Å²) in [5.74, 6) is 2.08. The molecule has 0 aromatic heterocycles. The van der Waals surface area contributed by atoms with Crippen LogP contribution in [0.5, 0.6) is 0 Å². The van der Waals surface area contributed by atoms with E-state index >= 15 is 0 Å². The fraction of sp³-hybridized carbons (Fsp3) is 0.933. The average molecular weight is 659 g/mol. The fourth-order valence-electron chi connectivity index (χ4n) is 10.7. The van der Waals surface area contributed by atoms with Crippen LogP contribution in [0.2, 0.25) is 0 Å². The summed E-state index contributed by atoms with van der Waals surface area (Å²) < 4.78 is 61.4. The number of carbonyl (C=O) groups is 1. The molecular weight excluding hydrogens is 572 g/mol.